The molecule has 3 N–H and O–H groups in total. The second-order valence-corrected chi connectivity index (χ2v) is 6.36. The Labute approximate surface area is 162 Å². The van der Waals surface area contributed by atoms with Crippen LogP contribution >= 0.6 is 0 Å². The number of aliphatic hydroxyl groups is 2. The molecule has 0 aliphatic rings. The molecule has 158 valence electrons. The summed E-state index contributed by atoms with van der Waals surface area (Å²) in [6.07, 6.45) is 21.2. The van der Waals surface area contributed by atoms with Gasteiger partial charge in [0.15, 0.2) is 0 Å². The van der Waals surface area contributed by atoms with Crippen molar-refractivity contribution in [3.8, 4) is 0 Å². The summed E-state index contributed by atoms with van der Waals surface area (Å²) in [5.41, 5.74) is 0. The Bertz CT molecular complexity index is 263. The number of rotatable bonds is 15. The zero-order valence-corrected chi connectivity index (χ0v) is 17.7. The van der Waals surface area contributed by atoms with E-state index >= 15 is 0 Å². The van der Waals surface area contributed by atoms with Crippen LogP contribution in [0.15, 0.2) is 12.2 Å². The van der Waals surface area contributed by atoms with Crippen LogP contribution in [0.25, 0.3) is 0 Å². The Morgan fingerprint density at radius 2 is 1.00 bits per heavy atom. The average molecular weight is 375 g/mol. The second kappa shape index (κ2) is 31.9. The number of hydrogen-bond donors (Lipinski definition) is 3. The van der Waals surface area contributed by atoms with E-state index in [2.05, 4.69) is 19.1 Å². The van der Waals surface area contributed by atoms with Crippen LogP contribution < -0.4 is 0 Å². The quantitative estimate of drug-likeness (QED) is 0.239. The van der Waals surface area contributed by atoms with Crippen molar-refractivity contribution in [2.24, 2.45) is 0 Å². The third-order valence-electron chi connectivity index (χ3n) is 3.65. The molecular weight excluding hydrogens is 328 g/mol. The van der Waals surface area contributed by atoms with Crippen LogP contribution in [0.2, 0.25) is 0 Å². The van der Waals surface area contributed by atoms with Crippen molar-refractivity contribution in [3.05, 3.63) is 12.2 Å². The highest BCUT2D eigenvalue weighted by Gasteiger charge is 1.95. The lowest BCUT2D eigenvalue weighted by atomic mass is 10.1. The van der Waals surface area contributed by atoms with E-state index in [1.807, 2.05) is 0 Å². The summed E-state index contributed by atoms with van der Waals surface area (Å²) in [5.74, 6) is -0.664. The van der Waals surface area contributed by atoms with Crippen molar-refractivity contribution in [1.29, 1.82) is 0 Å². The van der Waals surface area contributed by atoms with Gasteiger partial charge in [0.2, 0.25) is 0 Å². The van der Waals surface area contributed by atoms with Crippen molar-refractivity contribution in [2.45, 2.75) is 111 Å². The Morgan fingerprint density at radius 1 is 0.654 bits per heavy atom. The maximum atomic E-state index is 10.3. The molecule has 0 bridgehead atoms. The van der Waals surface area contributed by atoms with Crippen LogP contribution in [0, 0.1) is 0 Å². The van der Waals surface area contributed by atoms with E-state index in [1.54, 1.807) is 13.8 Å². The summed E-state index contributed by atoms with van der Waals surface area (Å²) in [7, 11) is 0. The van der Waals surface area contributed by atoms with Gasteiger partial charge in [-0.05, 0) is 46.0 Å². The summed E-state index contributed by atoms with van der Waals surface area (Å²) < 4.78 is 0. The third kappa shape index (κ3) is 43.5. The number of aliphatic hydroxyl groups excluding tert-OH is 2. The SMILES string of the molecule is CCCCCCCC/C=C\CCCCCCCC(=O)O.CCO.CCO. The van der Waals surface area contributed by atoms with Gasteiger partial charge in [-0.15, -0.1) is 0 Å². The van der Waals surface area contributed by atoms with Crippen LogP contribution in [0.1, 0.15) is 111 Å². The van der Waals surface area contributed by atoms with Crippen LogP contribution in [-0.2, 0) is 4.79 Å². The maximum absolute atomic E-state index is 10.3. The molecule has 0 unspecified atom stereocenters. The molecule has 0 aromatic heterocycles. The van der Waals surface area contributed by atoms with Crippen LogP contribution in [0.3, 0.4) is 0 Å². The normalized spacial score (nSPS) is 10.0. The van der Waals surface area contributed by atoms with Gasteiger partial charge in [-0.3, -0.25) is 4.79 Å². The number of hydrogen-bond acceptors (Lipinski definition) is 3. The summed E-state index contributed by atoms with van der Waals surface area (Å²) in [6.45, 7) is 6.12. The summed E-state index contributed by atoms with van der Waals surface area (Å²) in [5, 5.41) is 23.6. The largest absolute Gasteiger partial charge is 0.481 e. The van der Waals surface area contributed by atoms with Gasteiger partial charge in [-0.1, -0.05) is 70.4 Å². The molecule has 0 atom stereocenters. The first-order valence-corrected chi connectivity index (χ1v) is 10.7. The van der Waals surface area contributed by atoms with Gasteiger partial charge >= 0.3 is 5.97 Å². The Kier molecular flexibility index (Phi) is 36.6. The third-order valence-corrected chi connectivity index (χ3v) is 3.65. The molecule has 0 spiro atoms. The first-order valence-electron chi connectivity index (χ1n) is 10.7. The minimum atomic E-state index is -0.664. The van der Waals surface area contributed by atoms with Crippen molar-refractivity contribution in [1.82, 2.24) is 0 Å². The fourth-order valence-electron chi connectivity index (χ4n) is 2.35. The predicted molar refractivity (Wildman–Crippen MR) is 113 cm³/mol. The molecule has 0 heterocycles. The molecule has 0 aromatic carbocycles. The smallest absolute Gasteiger partial charge is 0.303 e. The number of allylic oxidation sites excluding steroid dienone is 2. The van der Waals surface area contributed by atoms with Crippen molar-refractivity contribution >= 4 is 5.97 Å². The Hall–Kier alpha value is -0.870. The molecule has 0 aliphatic heterocycles. The lowest BCUT2D eigenvalue weighted by Gasteiger charge is -1.99. The highest BCUT2D eigenvalue weighted by atomic mass is 16.4. The predicted octanol–water partition coefficient (Wildman–Crippen LogP) is 6.11. The first-order chi connectivity index (χ1) is 12.6. The van der Waals surface area contributed by atoms with Gasteiger partial charge in [0.05, 0.1) is 0 Å². The van der Waals surface area contributed by atoms with E-state index in [1.165, 1.54) is 70.6 Å². The van der Waals surface area contributed by atoms with E-state index in [0.717, 1.165) is 12.8 Å². The molecule has 4 heteroatoms. The Balaban J connectivity index is -0.000000768. The molecule has 0 aliphatic carbocycles. The van der Waals surface area contributed by atoms with Gasteiger partial charge in [0, 0.05) is 19.6 Å². The highest BCUT2D eigenvalue weighted by Crippen LogP contribution is 2.09. The molecule has 0 aromatic rings. The monoisotopic (exact) mass is 374 g/mol. The highest BCUT2D eigenvalue weighted by molar-refractivity contribution is 5.66. The summed E-state index contributed by atoms with van der Waals surface area (Å²) in [6, 6.07) is 0. The molecule has 0 saturated heterocycles. The fourth-order valence-corrected chi connectivity index (χ4v) is 2.35. The number of unbranched alkanes of at least 4 members (excludes halogenated alkanes) is 11. The van der Waals surface area contributed by atoms with E-state index in [9.17, 15) is 4.79 Å². The number of carboxylic acids is 1. The Morgan fingerprint density at radius 3 is 1.38 bits per heavy atom. The van der Waals surface area contributed by atoms with Gasteiger partial charge < -0.3 is 15.3 Å². The van der Waals surface area contributed by atoms with Crippen molar-refractivity contribution in [2.75, 3.05) is 13.2 Å². The minimum absolute atomic E-state index is 0.250. The molecule has 0 radical (unpaired) electrons. The van der Waals surface area contributed by atoms with Gasteiger partial charge in [-0.25, -0.2) is 0 Å². The first kappa shape index (κ1) is 29.9. The lowest BCUT2D eigenvalue weighted by molar-refractivity contribution is -0.137. The van der Waals surface area contributed by atoms with E-state index in [4.69, 9.17) is 15.3 Å². The standard InChI is InChI=1S/C18H34O2.2C2H6O/c1-2-3-4-5-6-7-8-9-10-11-12-13-14-15-16-17-18(19)20;2*1-2-3/h9-10H,2-8,11-17H2,1H3,(H,19,20);2*3H,2H2,1H3/b10-9-;;. The molecule has 0 rings (SSSR count). The summed E-state index contributed by atoms with van der Waals surface area (Å²) in [4.78, 5) is 10.3. The molecule has 0 saturated carbocycles. The van der Waals surface area contributed by atoms with Gasteiger partial charge in [0.1, 0.15) is 0 Å². The van der Waals surface area contributed by atoms with Gasteiger partial charge in [0.25, 0.3) is 0 Å². The van der Waals surface area contributed by atoms with E-state index < -0.39 is 5.97 Å². The lowest BCUT2D eigenvalue weighted by Crippen LogP contribution is -1.93. The molecule has 4 nitrogen and oxygen atoms in total. The summed E-state index contributed by atoms with van der Waals surface area (Å²) >= 11 is 0. The maximum Gasteiger partial charge on any atom is 0.303 e. The van der Waals surface area contributed by atoms with E-state index in [0.29, 0.717) is 6.42 Å². The fraction of sp³-hybridized carbons (Fsp3) is 0.864. The zero-order chi connectivity index (χ0) is 20.3. The number of carbonyl (C=O) groups is 1. The van der Waals surface area contributed by atoms with Gasteiger partial charge in [-0.2, -0.15) is 0 Å². The second-order valence-electron chi connectivity index (χ2n) is 6.36. The van der Waals surface area contributed by atoms with E-state index in [-0.39, 0.29) is 13.2 Å². The zero-order valence-electron chi connectivity index (χ0n) is 17.7. The molecular formula is C22H46O4. The molecule has 0 fully saturated rings. The minimum Gasteiger partial charge on any atom is -0.481 e. The average Bonchev–Trinajstić information content (AvgIpc) is 2.59. The molecule has 26 heavy (non-hydrogen) atoms. The number of aliphatic carboxylic acids is 1. The molecule has 0 amide bonds. The van der Waals surface area contributed by atoms with Crippen molar-refractivity contribution < 1.29 is 20.1 Å². The van der Waals surface area contributed by atoms with Crippen LogP contribution in [-0.4, -0.2) is 34.5 Å². The van der Waals surface area contributed by atoms with Crippen molar-refractivity contribution in [3.63, 3.8) is 0 Å². The van der Waals surface area contributed by atoms with Crippen LogP contribution in [0.5, 0.6) is 0 Å². The topological polar surface area (TPSA) is 77.8 Å². The number of carboxylic acid groups (broad SMARTS) is 1. The van der Waals surface area contributed by atoms with Crippen LogP contribution in [0.4, 0.5) is 0 Å².